The minimum absolute atomic E-state index is 0.0359. The molecule has 1 N–H and O–H groups in total. The van der Waals surface area contributed by atoms with Crippen molar-refractivity contribution in [2.75, 3.05) is 5.32 Å². The first kappa shape index (κ1) is 14.0. The van der Waals surface area contributed by atoms with Gasteiger partial charge in [-0.15, -0.1) is 0 Å². The highest BCUT2D eigenvalue weighted by Gasteiger charge is 2.12. The lowest BCUT2D eigenvalue weighted by molar-refractivity contribution is -0.385. The molecular weight excluding hydrogens is 378 g/mol. The quantitative estimate of drug-likeness (QED) is 0.633. The van der Waals surface area contributed by atoms with E-state index in [0.29, 0.717) is 16.7 Å². The van der Waals surface area contributed by atoms with Crippen molar-refractivity contribution in [3.05, 3.63) is 61.3 Å². The number of nitro benzene ring substituents is 1. The van der Waals surface area contributed by atoms with E-state index in [0.717, 1.165) is 10.2 Å². The summed E-state index contributed by atoms with van der Waals surface area (Å²) in [5, 5.41) is 13.9. The van der Waals surface area contributed by atoms with Crippen molar-refractivity contribution in [2.45, 2.75) is 6.54 Å². The van der Waals surface area contributed by atoms with Gasteiger partial charge in [-0.05, 0) is 56.1 Å². The lowest BCUT2D eigenvalue weighted by Gasteiger charge is -2.06. The zero-order valence-corrected chi connectivity index (χ0v) is 12.8. The second-order valence-corrected chi connectivity index (χ2v) is 5.51. The minimum Gasteiger partial charge on any atom is -0.379 e. The molecule has 1 aromatic heterocycles. The van der Waals surface area contributed by atoms with Crippen molar-refractivity contribution in [2.24, 2.45) is 0 Å². The predicted octanol–water partition coefficient (Wildman–Crippen LogP) is 4.13. The number of nitro groups is 1. The molecule has 0 atom stereocenters. The predicted molar refractivity (Wildman–Crippen MR) is 80.1 cm³/mol. The largest absolute Gasteiger partial charge is 0.379 e. The Balaban J connectivity index is 2.09. The molecule has 1 aromatic carbocycles. The summed E-state index contributed by atoms with van der Waals surface area (Å²) in [6, 6.07) is 8.69. The van der Waals surface area contributed by atoms with Crippen LogP contribution in [-0.2, 0) is 6.54 Å². The average Bonchev–Trinajstić information content (AvgIpc) is 2.39. The smallest absolute Gasteiger partial charge is 0.285 e. The van der Waals surface area contributed by atoms with Crippen molar-refractivity contribution in [3.63, 3.8) is 0 Å². The number of nitrogens with zero attached hydrogens (tertiary/aromatic N) is 2. The fourth-order valence-corrected chi connectivity index (χ4v) is 2.09. The van der Waals surface area contributed by atoms with Gasteiger partial charge in [0, 0.05) is 22.4 Å². The third kappa shape index (κ3) is 3.74. The van der Waals surface area contributed by atoms with Crippen LogP contribution in [0.2, 0.25) is 0 Å². The van der Waals surface area contributed by atoms with E-state index in [1.807, 2.05) is 12.1 Å². The molecule has 0 aliphatic carbocycles. The standard InChI is InChI=1S/C12H9Br2N3O2/c13-8-1-2-10(15-6-8)7-16-9-3-4-11(14)12(5-9)17(18)19/h1-6,16H,7H2. The van der Waals surface area contributed by atoms with E-state index in [9.17, 15) is 10.1 Å². The average molecular weight is 387 g/mol. The Hall–Kier alpha value is -1.47. The van der Waals surface area contributed by atoms with Gasteiger partial charge in [0.05, 0.1) is 21.6 Å². The van der Waals surface area contributed by atoms with Crippen LogP contribution >= 0.6 is 31.9 Å². The number of pyridine rings is 1. The first-order chi connectivity index (χ1) is 9.06. The number of halogens is 2. The van der Waals surface area contributed by atoms with Crippen molar-refractivity contribution >= 4 is 43.2 Å². The van der Waals surface area contributed by atoms with Gasteiger partial charge in [-0.25, -0.2) is 0 Å². The van der Waals surface area contributed by atoms with Gasteiger partial charge in [-0.2, -0.15) is 0 Å². The fourth-order valence-electron chi connectivity index (χ4n) is 1.47. The van der Waals surface area contributed by atoms with Crippen LogP contribution < -0.4 is 5.32 Å². The van der Waals surface area contributed by atoms with Crippen molar-refractivity contribution in [3.8, 4) is 0 Å². The minimum atomic E-state index is -0.423. The molecule has 0 spiro atoms. The van der Waals surface area contributed by atoms with Gasteiger partial charge in [0.15, 0.2) is 0 Å². The van der Waals surface area contributed by atoms with Gasteiger partial charge < -0.3 is 5.32 Å². The number of hydrogen-bond donors (Lipinski definition) is 1. The molecule has 0 saturated heterocycles. The lowest BCUT2D eigenvalue weighted by Crippen LogP contribution is -2.02. The normalized spacial score (nSPS) is 10.2. The Morgan fingerprint density at radius 1 is 1.26 bits per heavy atom. The SMILES string of the molecule is O=[N+]([O-])c1cc(NCc2ccc(Br)cn2)ccc1Br. The summed E-state index contributed by atoms with van der Waals surface area (Å²) in [6.45, 7) is 0.506. The summed E-state index contributed by atoms with van der Waals surface area (Å²) in [7, 11) is 0. The van der Waals surface area contributed by atoms with Crippen molar-refractivity contribution in [1.29, 1.82) is 0 Å². The molecule has 98 valence electrons. The van der Waals surface area contributed by atoms with Gasteiger partial charge in [-0.3, -0.25) is 15.1 Å². The van der Waals surface area contributed by atoms with E-state index >= 15 is 0 Å². The van der Waals surface area contributed by atoms with E-state index in [2.05, 4.69) is 42.2 Å². The highest BCUT2D eigenvalue weighted by Crippen LogP contribution is 2.27. The Labute approximate surface area is 126 Å². The first-order valence-electron chi connectivity index (χ1n) is 5.34. The Morgan fingerprint density at radius 2 is 2.05 bits per heavy atom. The van der Waals surface area contributed by atoms with Crippen LogP contribution in [0.3, 0.4) is 0 Å². The third-order valence-electron chi connectivity index (χ3n) is 2.41. The zero-order chi connectivity index (χ0) is 13.8. The molecule has 2 rings (SSSR count). The molecule has 0 saturated carbocycles. The third-order valence-corrected chi connectivity index (χ3v) is 3.54. The van der Waals surface area contributed by atoms with E-state index in [1.165, 1.54) is 6.07 Å². The molecule has 7 heteroatoms. The molecule has 0 aliphatic rings. The van der Waals surface area contributed by atoms with Crippen LogP contribution in [-0.4, -0.2) is 9.91 Å². The number of benzene rings is 1. The molecular formula is C12H9Br2N3O2. The Kier molecular flexibility index (Phi) is 4.49. The molecule has 0 amide bonds. The fraction of sp³-hybridized carbons (Fsp3) is 0.0833. The summed E-state index contributed by atoms with van der Waals surface area (Å²) in [5.74, 6) is 0. The maximum Gasteiger partial charge on any atom is 0.285 e. The van der Waals surface area contributed by atoms with E-state index in [4.69, 9.17) is 0 Å². The summed E-state index contributed by atoms with van der Waals surface area (Å²) in [5.41, 5.74) is 1.57. The van der Waals surface area contributed by atoms with E-state index < -0.39 is 4.92 Å². The molecule has 0 bridgehead atoms. The van der Waals surface area contributed by atoms with Gasteiger partial charge in [-0.1, -0.05) is 0 Å². The van der Waals surface area contributed by atoms with Crippen LogP contribution in [0.15, 0.2) is 45.5 Å². The molecule has 0 radical (unpaired) electrons. The summed E-state index contributed by atoms with van der Waals surface area (Å²) >= 11 is 6.46. The van der Waals surface area contributed by atoms with Crippen LogP contribution in [0.4, 0.5) is 11.4 Å². The summed E-state index contributed by atoms with van der Waals surface area (Å²) < 4.78 is 1.38. The second kappa shape index (κ2) is 6.12. The number of nitrogens with one attached hydrogen (secondary N) is 1. The number of anilines is 1. The number of aromatic nitrogens is 1. The van der Waals surface area contributed by atoms with E-state index in [1.54, 1.807) is 18.3 Å². The number of rotatable bonds is 4. The topological polar surface area (TPSA) is 68.1 Å². The van der Waals surface area contributed by atoms with Crippen molar-refractivity contribution in [1.82, 2.24) is 4.98 Å². The van der Waals surface area contributed by atoms with E-state index in [-0.39, 0.29) is 5.69 Å². The maximum absolute atomic E-state index is 10.8. The second-order valence-electron chi connectivity index (χ2n) is 3.74. The molecule has 19 heavy (non-hydrogen) atoms. The highest BCUT2D eigenvalue weighted by molar-refractivity contribution is 9.10. The maximum atomic E-state index is 10.8. The monoisotopic (exact) mass is 385 g/mol. The summed E-state index contributed by atoms with van der Waals surface area (Å²) in [6.07, 6.45) is 1.71. The molecule has 5 nitrogen and oxygen atoms in total. The van der Waals surface area contributed by atoms with Gasteiger partial charge in [0.1, 0.15) is 0 Å². The van der Waals surface area contributed by atoms with Crippen LogP contribution in [0.25, 0.3) is 0 Å². The molecule has 2 aromatic rings. The van der Waals surface area contributed by atoms with Crippen LogP contribution in [0.5, 0.6) is 0 Å². The molecule has 1 heterocycles. The summed E-state index contributed by atoms with van der Waals surface area (Å²) in [4.78, 5) is 14.6. The zero-order valence-electron chi connectivity index (χ0n) is 9.64. The Morgan fingerprint density at radius 3 is 2.68 bits per heavy atom. The number of hydrogen-bond acceptors (Lipinski definition) is 4. The highest BCUT2D eigenvalue weighted by atomic mass is 79.9. The lowest BCUT2D eigenvalue weighted by atomic mass is 10.2. The van der Waals surface area contributed by atoms with Gasteiger partial charge in [0.2, 0.25) is 0 Å². The Bertz CT molecular complexity index is 602. The van der Waals surface area contributed by atoms with Crippen molar-refractivity contribution < 1.29 is 4.92 Å². The first-order valence-corrected chi connectivity index (χ1v) is 6.93. The van der Waals surface area contributed by atoms with Gasteiger partial charge >= 0.3 is 0 Å². The van der Waals surface area contributed by atoms with Crippen LogP contribution in [0, 0.1) is 10.1 Å². The molecule has 0 aliphatic heterocycles. The molecule has 0 fully saturated rings. The van der Waals surface area contributed by atoms with Gasteiger partial charge in [0.25, 0.3) is 5.69 Å². The molecule has 0 unspecified atom stereocenters. The van der Waals surface area contributed by atoms with Crippen LogP contribution in [0.1, 0.15) is 5.69 Å².